The van der Waals surface area contributed by atoms with Crippen molar-refractivity contribution in [1.82, 2.24) is 5.32 Å². The van der Waals surface area contributed by atoms with Crippen LogP contribution in [0.4, 0.5) is 0 Å². The van der Waals surface area contributed by atoms with Crippen LogP contribution in [0.15, 0.2) is 24.3 Å². The lowest BCUT2D eigenvalue weighted by molar-refractivity contribution is 0.171. The first-order chi connectivity index (χ1) is 8.20. The molecule has 2 rings (SSSR count). The molecule has 1 fully saturated rings. The number of aliphatic hydroxyl groups is 1. The van der Waals surface area contributed by atoms with E-state index in [1.165, 1.54) is 5.56 Å². The Morgan fingerprint density at radius 3 is 2.76 bits per heavy atom. The molecule has 0 amide bonds. The van der Waals surface area contributed by atoms with E-state index < -0.39 is 0 Å². The Balaban J connectivity index is 1.86. The summed E-state index contributed by atoms with van der Waals surface area (Å²) < 4.78 is 5.38. The van der Waals surface area contributed by atoms with Crippen molar-refractivity contribution >= 4 is 0 Å². The van der Waals surface area contributed by atoms with E-state index in [9.17, 15) is 5.11 Å². The minimum absolute atomic E-state index is 0.264. The molecular formula is C14H21NO2. The summed E-state index contributed by atoms with van der Waals surface area (Å²) in [5.41, 5.74) is 1.31. The summed E-state index contributed by atoms with van der Waals surface area (Å²) in [4.78, 5) is 0. The summed E-state index contributed by atoms with van der Waals surface area (Å²) in [6.45, 7) is 2.49. The smallest absolute Gasteiger partial charge is 0.122 e. The highest BCUT2D eigenvalue weighted by atomic mass is 16.5. The van der Waals surface area contributed by atoms with Gasteiger partial charge in [0, 0.05) is 12.6 Å². The molecule has 1 saturated carbocycles. The SMILES string of the molecule is COc1ccccc1C1CC(NC[C@H](C)O)C1. The van der Waals surface area contributed by atoms with E-state index in [0.717, 1.165) is 18.6 Å². The van der Waals surface area contributed by atoms with Crippen LogP contribution in [0.2, 0.25) is 0 Å². The van der Waals surface area contributed by atoms with Crippen LogP contribution in [0.3, 0.4) is 0 Å². The van der Waals surface area contributed by atoms with Gasteiger partial charge in [-0.3, -0.25) is 0 Å². The first kappa shape index (κ1) is 12.4. The van der Waals surface area contributed by atoms with Gasteiger partial charge in [-0.1, -0.05) is 18.2 Å². The summed E-state index contributed by atoms with van der Waals surface area (Å²) in [7, 11) is 1.72. The molecule has 1 aromatic rings. The molecule has 0 radical (unpaired) electrons. The highest BCUT2D eigenvalue weighted by molar-refractivity contribution is 5.37. The fraction of sp³-hybridized carbons (Fsp3) is 0.571. The van der Waals surface area contributed by atoms with Crippen molar-refractivity contribution in [2.24, 2.45) is 0 Å². The maximum atomic E-state index is 9.20. The van der Waals surface area contributed by atoms with Gasteiger partial charge >= 0.3 is 0 Å². The zero-order valence-corrected chi connectivity index (χ0v) is 10.5. The highest BCUT2D eigenvalue weighted by Crippen LogP contribution is 2.40. The largest absolute Gasteiger partial charge is 0.496 e. The van der Waals surface area contributed by atoms with Gasteiger partial charge in [-0.05, 0) is 37.3 Å². The Labute approximate surface area is 103 Å². The molecule has 1 aliphatic rings. The molecule has 0 bridgehead atoms. The number of ether oxygens (including phenoxy) is 1. The fourth-order valence-corrected chi connectivity index (χ4v) is 2.38. The summed E-state index contributed by atoms with van der Waals surface area (Å²) in [6.07, 6.45) is 2.00. The van der Waals surface area contributed by atoms with Crippen LogP contribution in [0.5, 0.6) is 5.75 Å². The summed E-state index contributed by atoms with van der Waals surface area (Å²) in [5.74, 6) is 1.59. The molecule has 0 aromatic heterocycles. The standard InChI is InChI=1S/C14H21NO2/c1-10(16)9-15-12-7-11(8-12)13-5-3-4-6-14(13)17-2/h3-6,10-12,15-16H,7-9H2,1-2H3/t10-,11?,12?/m0/s1. The van der Waals surface area contributed by atoms with E-state index in [4.69, 9.17) is 4.74 Å². The summed E-state index contributed by atoms with van der Waals surface area (Å²) in [6, 6.07) is 8.78. The van der Waals surface area contributed by atoms with Gasteiger partial charge in [0.15, 0.2) is 0 Å². The Hall–Kier alpha value is -1.06. The number of methoxy groups -OCH3 is 1. The van der Waals surface area contributed by atoms with Crippen LogP contribution in [0.1, 0.15) is 31.2 Å². The maximum absolute atomic E-state index is 9.20. The number of aliphatic hydroxyl groups excluding tert-OH is 1. The molecule has 0 unspecified atom stereocenters. The molecule has 2 N–H and O–H groups in total. The van der Waals surface area contributed by atoms with Crippen LogP contribution < -0.4 is 10.1 Å². The van der Waals surface area contributed by atoms with E-state index in [1.54, 1.807) is 7.11 Å². The monoisotopic (exact) mass is 235 g/mol. The zero-order valence-electron chi connectivity index (χ0n) is 10.5. The lowest BCUT2D eigenvalue weighted by Crippen LogP contribution is -2.42. The quantitative estimate of drug-likeness (QED) is 0.819. The van der Waals surface area contributed by atoms with E-state index in [-0.39, 0.29) is 6.10 Å². The average Bonchev–Trinajstić information content (AvgIpc) is 2.27. The lowest BCUT2D eigenvalue weighted by atomic mass is 9.75. The van der Waals surface area contributed by atoms with Crippen molar-refractivity contribution in [3.8, 4) is 5.75 Å². The number of benzene rings is 1. The molecule has 3 heteroatoms. The first-order valence-corrected chi connectivity index (χ1v) is 6.25. The second-order valence-corrected chi connectivity index (χ2v) is 4.86. The second kappa shape index (κ2) is 5.52. The molecule has 3 nitrogen and oxygen atoms in total. The van der Waals surface area contributed by atoms with Crippen LogP contribution in [0.25, 0.3) is 0 Å². The topological polar surface area (TPSA) is 41.5 Å². The molecule has 0 aliphatic heterocycles. The molecule has 1 aliphatic carbocycles. The van der Waals surface area contributed by atoms with Crippen LogP contribution in [-0.4, -0.2) is 30.9 Å². The van der Waals surface area contributed by atoms with Crippen molar-refractivity contribution < 1.29 is 9.84 Å². The van der Waals surface area contributed by atoms with Crippen molar-refractivity contribution in [3.63, 3.8) is 0 Å². The zero-order chi connectivity index (χ0) is 12.3. The van der Waals surface area contributed by atoms with E-state index >= 15 is 0 Å². The normalized spacial score (nSPS) is 25.1. The van der Waals surface area contributed by atoms with Gasteiger partial charge in [0.25, 0.3) is 0 Å². The number of rotatable bonds is 5. The molecule has 1 aromatic carbocycles. The van der Waals surface area contributed by atoms with Crippen molar-refractivity contribution in [2.45, 2.75) is 37.8 Å². The third-order valence-electron chi connectivity index (χ3n) is 3.42. The number of hydrogen-bond acceptors (Lipinski definition) is 3. The maximum Gasteiger partial charge on any atom is 0.122 e. The number of para-hydroxylation sites is 1. The molecule has 0 saturated heterocycles. The molecule has 1 atom stereocenters. The fourth-order valence-electron chi connectivity index (χ4n) is 2.38. The second-order valence-electron chi connectivity index (χ2n) is 4.86. The average molecular weight is 235 g/mol. The third kappa shape index (κ3) is 2.99. The van der Waals surface area contributed by atoms with Gasteiger partial charge in [0.1, 0.15) is 5.75 Å². The first-order valence-electron chi connectivity index (χ1n) is 6.25. The Bertz CT molecular complexity index is 359. The summed E-state index contributed by atoms with van der Waals surface area (Å²) in [5, 5.41) is 12.6. The third-order valence-corrected chi connectivity index (χ3v) is 3.42. The highest BCUT2D eigenvalue weighted by Gasteiger charge is 2.31. The molecular weight excluding hydrogens is 214 g/mol. The molecule has 17 heavy (non-hydrogen) atoms. The van der Waals surface area contributed by atoms with Crippen LogP contribution in [-0.2, 0) is 0 Å². The molecule has 0 spiro atoms. The Morgan fingerprint density at radius 1 is 1.41 bits per heavy atom. The lowest BCUT2D eigenvalue weighted by Gasteiger charge is -2.37. The number of hydrogen-bond donors (Lipinski definition) is 2. The van der Waals surface area contributed by atoms with Gasteiger partial charge < -0.3 is 15.2 Å². The Morgan fingerprint density at radius 2 is 2.12 bits per heavy atom. The minimum atomic E-state index is -0.264. The van der Waals surface area contributed by atoms with Crippen molar-refractivity contribution in [1.29, 1.82) is 0 Å². The summed E-state index contributed by atoms with van der Waals surface area (Å²) >= 11 is 0. The Kier molecular flexibility index (Phi) is 4.02. The van der Waals surface area contributed by atoms with Crippen molar-refractivity contribution in [3.05, 3.63) is 29.8 Å². The molecule has 0 heterocycles. The predicted octanol–water partition coefficient (Wildman–Crippen LogP) is 1.91. The van der Waals surface area contributed by atoms with E-state index in [2.05, 4.69) is 17.4 Å². The van der Waals surface area contributed by atoms with Crippen molar-refractivity contribution in [2.75, 3.05) is 13.7 Å². The van der Waals surface area contributed by atoms with E-state index in [1.807, 2.05) is 19.1 Å². The van der Waals surface area contributed by atoms with Crippen LogP contribution in [0, 0.1) is 0 Å². The number of nitrogens with one attached hydrogen (secondary N) is 1. The molecule has 94 valence electrons. The van der Waals surface area contributed by atoms with Gasteiger partial charge in [-0.15, -0.1) is 0 Å². The predicted molar refractivity (Wildman–Crippen MR) is 68.4 cm³/mol. The van der Waals surface area contributed by atoms with Gasteiger partial charge in [-0.2, -0.15) is 0 Å². The van der Waals surface area contributed by atoms with Gasteiger partial charge in [-0.25, -0.2) is 0 Å². The van der Waals surface area contributed by atoms with Crippen LogP contribution >= 0.6 is 0 Å². The van der Waals surface area contributed by atoms with Gasteiger partial charge in [0.05, 0.1) is 13.2 Å². The van der Waals surface area contributed by atoms with E-state index in [0.29, 0.717) is 18.5 Å². The van der Waals surface area contributed by atoms with Gasteiger partial charge in [0.2, 0.25) is 0 Å². The minimum Gasteiger partial charge on any atom is -0.496 e.